The standard InChI is InChI=1S/C28H32ClN3O3/c1-28(27(34)30-22-8-5-3-2-4-6-9-22)19-31-23(25-10-7-17-35-25)15-16-24(31)26(33)32(28)18-20-11-13-21(29)14-12-20/h7,10-17,22H,2-6,8-9,18-19H2,1H3,(H,30,34)/t28-/m0/s1. The first-order valence-electron chi connectivity index (χ1n) is 12.6. The molecular formula is C28H32ClN3O3. The summed E-state index contributed by atoms with van der Waals surface area (Å²) in [7, 11) is 0. The Hall–Kier alpha value is -2.99. The van der Waals surface area contributed by atoms with Gasteiger partial charge in [0.05, 0.1) is 18.5 Å². The molecule has 1 N–H and O–H groups in total. The normalized spacial score (nSPS) is 21.3. The largest absolute Gasteiger partial charge is 0.463 e. The number of carbonyl (C=O) groups excluding carboxylic acids is 2. The highest BCUT2D eigenvalue weighted by molar-refractivity contribution is 6.30. The van der Waals surface area contributed by atoms with Crippen LogP contribution >= 0.6 is 11.6 Å². The quantitative estimate of drug-likeness (QED) is 0.470. The topological polar surface area (TPSA) is 67.5 Å². The van der Waals surface area contributed by atoms with Crippen LogP contribution in [-0.4, -0.2) is 32.9 Å². The van der Waals surface area contributed by atoms with Crippen LogP contribution in [0.25, 0.3) is 11.5 Å². The van der Waals surface area contributed by atoms with Gasteiger partial charge in [-0.1, -0.05) is 55.8 Å². The van der Waals surface area contributed by atoms with Crippen molar-refractivity contribution in [2.45, 2.75) is 76.5 Å². The summed E-state index contributed by atoms with van der Waals surface area (Å²) in [6.07, 6.45) is 9.53. The molecule has 7 heteroatoms. The third-order valence-electron chi connectivity index (χ3n) is 7.46. The summed E-state index contributed by atoms with van der Waals surface area (Å²) in [6.45, 7) is 2.56. The van der Waals surface area contributed by atoms with E-state index in [1.54, 1.807) is 11.2 Å². The molecule has 6 nitrogen and oxygen atoms in total. The van der Waals surface area contributed by atoms with Gasteiger partial charge in [-0.25, -0.2) is 0 Å². The number of furan rings is 1. The van der Waals surface area contributed by atoms with Crippen molar-refractivity contribution in [1.29, 1.82) is 0 Å². The number of nitrogens with zero attached hydrogens (tertiary/aromatic N) is 2. The average Bonchev–Trinajstić information content (AvgIpc) is 3.49. The Kier molecular flexibility index (Phi) is 6.74. The van der Waals surface area contributed by atoms with Gasteiger partial charge in [-0.05, 0) is 61.7 Å². The molecule has 0 spiro atoms. The minimum atomic E-state index is -1.06. The van der Waals surface area contributed by atoms with Gasteiger partial charge in [0.2, 0.25) is 5.91 Å². The second-order valence-electron chi connectivity index (χ2n) is 9.97. The molecule has 184 valence electrons. The van der Waals surface area contributed by atoms with Crippen molar-refractivity contribution in [1.82, 2.24) is 14.8 Å². The predicted molar refractivity (Wildman–Crippen MR) is 136 cm³/mol. The number of nitrogens with one attached hydrogen (secondary N) is 1. The van der Waals surface area contributed by atoms with Gasteiger partial charge >= 0.3 is 0 Å². The first-order chi connectivity index (χ1) is 17.0. The zero-order valence-electron chi connectivity index (χ0n) is 20.1. The maximum atomic E-state index is 14.0. The van der Waals surface area contributed by atoms with Crippen molar-refractivity contribution in [3.63, 3.8) is 0 Å². The summed E-state index contributed by atoms with van der Waals surface area (Å²) in [5, 5.41) is 3.97. The molecule has 0 radical (unpaired) electrons. The van der Waals surface area contributed by atoms with Crippen molar-refractivity contribution < 1.29 is 14.0 Å². The molecule has 0 saturated heterocycles. The molecule has 1 aliphatic heterocycles. The van der Waals surface area contributed by atoms with Gasteiger partial charge in [-0.15, -0.1) is 0 Å². The van der Waals surface area contributed by atoms with Crippen LogP contribution in [0.3, 0.4) is 0 Å². The number of benzene rings is 1. The Labute approximate surface area is 211 Å². The van der Waals surface area contributed by atoms with Gasteiger partial charge in [-0.3, -0.25) is 9.59 Å². The number of amides is 2. The number of aromatic nitrogens is 1. The number of halogens is 1. The van der Waals surface area contributed by atoms with Crippen molar-refractivity contribution in [2.75, 3.05) is 0 Å². The van der Waals surface area contributed by atoms with Gasteiger partial charge in [0.25, 0.3) is 5.91 Å². The van der Waals surface area contributed by atoms with E-state index in [-0.39, 0.29) is 17.9 Å². The molecular weight excluding hydrogens is 462 g/mol. The van der Waals surface area contributed by atoms with Crippen molar-refractivity contribution in [2.24, 2.45) is 0 Å². The maximum absolute atomic E-state index is 14.0. The lowest BCUT2D eigenvalue weighted by Crippen LogP contribution is -2.64. The van der Waals surface area contributed by atoms with Crippen molar-refractivity contribution in [3.8, 4) is 11.5 Å². The Bertz CT molecular complexity index is 1180. The van der Waals surface area contributed by atoms with Gasteiger partial charge in [0.1, 0.15) is 17.0 Å². The lowest BCUT2D eigenvalue weighted by atomic mass is 9.91. The molecule has 1 aliphatic carbocycles. The molecule has 1 fully saturated rings. The smallest absolute Gasteiger partial charge is 0.271 e. The number of hydrogen-bond acceptors (Lipinski definition) is 3. The number of rotatable bonds is 5. The molecule has 1 atom stereocenters. The fourth-order valence-electron chi connectivity index (χ4n) is 5.37. The monoisotopic (exact) mass is 493 g/mol. The molecule has 5 rings (SSSR count). The van der Waals surface area contributed by atoms with Crippen LogP contribution in [-0.2, 0) is 17.9 Å². The first-order valence-corrected chi connectivity index (χ1v) is 12.9. The second-order valence-corrected chi connectivity index (χ2v) is 10.4. The Balaban J connectivity index is 1.49. The highest BCUT2D eigenvalue weighted by atomic mass is 35.5. The van der Waals surface area contributed by atoms with E-state index in [4.69, 9.17) is 16.0 Å². The van der Waals surface area contributed by atoms with Crippen LogP contribution in [0, 0.1) is 0 Å². The molecule has 0 bridgehead atoms. The van der Waals surface area contributed by atoms with E-state index in [1.807, 2.05) is 60.0 Å². The SMILES string of the molecule is C[C@@]1(C(=O)NC2CCCCCCC2)Cn2c(ccc2-c2ccco2)C(=O)N1Cc1ccc(Cl)cc1. The number of hydrogen-bond donors (Lipinski definition) is 1. The zero-order chi connectivity index (χ0) is 24.4. The Morgan fingerprint density at radius 2 is 1.71 bits per heavy atom. The second kappa shape index (κ2) is 9.94. The number of fused-ring (bicyclic) bond motifs is 1. The van der Waals surface area contributed by atoms with Crippen molar-refractivity contribution >= 4 is 23.4 Å². The summed E-state index contributed by atoms with van der Waals surface area (Å²) in [5.41, 5.74) is 1.22. The summed E-state index contributed by atoms with van der Waals surface area (Å²) in [4.78, 5) is 29.5. The molecule has 1 aromatic carbocycles. The van der Waals surface area contributed by atoms with Crippen molar-refractivity contribution in [3.05, 3.63) is 71.1 Å². The fourth-order valence-corrected chi connectivity index (χ4v) is 5.50. The lowest BCUT2D eigenvalue weighted by molar-refractivity contribution is -0.134. The Morgan fingerprint density at radius 1 is 1.03 bits per heavy atom. The molecule has 3 aromatic rings. The van der Waals surface area contributed by atoms with E-state index in [2.05, 4.69) is 5.32 Å². The summed E-state index contributed by atoms with van der Waals surface area (Å²) < 4.78 is 7.56. The molecule has 2 amide bonds. The van der Waals surface area contributed by atoms with Gasteiger partial charge < -0.3 is 19.2 Å². The predicted octanol–water partition coefficient (Wildman–Crippen LogP) is 6.05. The fraction of sp³-hybridized carbons (Fsp3) is 0.429. The third-order valence-corrected chi connectivity index (χ3v) is 7.72. The Morgan fingerprint density at radius 3 is 2.40 bits per heavy atom. The summed E-state index contributed by atoms with van der Waals surface area (Å²) in [5.74, 6) is 0.410. The van der Waals surface area contributed by atoms with Crippen LogP contribution < -0.4 is 5.32 Å². The van der Waals surface area contributed by atoms with Crippen LogP contribution in [0.4, 0.5) is 0 Å². The number of carbonyl (C=O) groups is 2. The van der Waals surface area contributed by atoms with E-state index in [9.17, 15) is 9.59 Å². The van der Waals surface area contributed by atoms with E-state index >= 15 is 0 Å². The van der Waals surface area contributed by atoms with Crippen LogP contribution in [0.5, 0.6) is 0 Å². The van der Waals surface area contributed by atoms with E-state index < -0.39 is 5.54 Å². The van der Waals surface area contributed by atoms with E-state index in [0.29, 0.717) is 29.6 Å². The van der Waals surface area contributed by atoms with Crippen LogP contribution in [0.15, 0.2) is 59.2 Å². The van der Waals surface area contributed by atoms with Crippen LogP contribution in [0.2, 0.25) is 5.02 Å². The third kappa shape index (κ3) is 4.76. The molecule has 0 unspecified atom stereocenters. The highest BCUT2D eigenvalue weighted by Gasteiger charge is 2.48. The maximum Gasteiger partial charge on any atom is 0.271 e. The van der Waals surface area contributed by atoms with E-state index in [0.717, 1.165) is 36.9 Å². The van der Waals surface area contributed by atoms with E-state index in [1.165, 1.54) is 19.3 Å². The average molecular weight is 494 g/mol. The summed E-state index contributed by atoms with van der Waals surface area (Å²) >= 11 is 6.08. The lowest BCUT2D eigenvalue weighted by Gasteiger charge is -2.45. The minimum absolute atomic E-state index is 0.102. The van der Waals surface area contributed by atoms with Gasteiger partial charge in [0, 0.05) is 17.6 Å². The summed E-state index contributed by atoms with van der Waals surface area (Å²) in [6, 6.07) is 15.0. The molecule has 35 heavy (non-hydrogen) atoms. The van der Waals surface area contributed by atoms with Crippen LogP contribution in [0.1, 0.15) is 67.9 Å². The molecule has 3 heterocycles. The molecule has 2 aliphatic rings. The molecule has 2 aromatic heterocycles. The minimum Gasteiger partial charge on any atom is -0.463 e. The highest BCUT2D eigenvalue weighted by Crippen LogP contribution is 2.35. The molecule has 1 saturated carbocycles. The van der Waals surface area contributed by atoms with Gasteiger partial charge in [0.15, 0.2) is 0 Å². The van der Waals surface area contributed by atoms with Gasteiger partial charge in [-0.2, -0.15) is 0 Å². The zero-order valence-corrected chi connectivity index (χ0v) is 20.9. The first kappa shape index (κ1) is 23.7.